The molecule has 2 aromatic heterocycles. The van der Waals surface area contributed by atoms with Gasteiger partial charge < -0.3 is 14.8 Å². The minimum atomic E-state index is -0.553. The fourth-order valence-corrected chi connectivity index (χ4v) is 1.61. The molecular formula is C11H16ClN5O. The van der Waals surface area contributed by atoms with Crippen molar-refractivity contribution in [3.05, 3.63) is 28.9 Å². The molecule has 2 aromatic rings. The van der Waals surface area contributed by atoms with E-state index in [1.54, 1.807) is 17.8 Å². The van der Waals surface area contributed by atoms with Gasteiger partial charge in [0.1, 0.15) is 17.0 Å². The van der Waals surface area contributed by atoms with Crippen molar-refractivity contribution in [2.24, 2.45) is 12.8 Å². The Kier molecular flexibility index (Phi) is 3.16. The molecule has 0 bridgehead atoms. The molecule has 1 unspecified atom stereocenters. The molecule has 2 heterocycles. The van der Waals surface area contributed by atoms with E-state index in [0.717, 1.165) is 0 Å². The molecule has 0 amide bonds. The number of nitrogens with two attached hydrogens (primary N) is 1. The zero-order chi connectivity index (χ0) is 13.5. The van der Waals surface area contributed by atoms with Crippen LogP contribution in [0, 0.1) is 0 Å². The molecular weight excluding hydrogens is 254 g/mol. The second kappa shape index (κ2) is 4.37. The van der Waals surface area contributed by atoms with Gasteiger partial charge in [0, 0.05) is 12.5 Å². The Morgan fingerprint density at radius 1 is 1.44 bits per heavy atom. The topological polar surface area (TPSA) is 82.8 Å². The number of halogens is 1. The maximum Gasteiger partial charge on any atom is 0.232 e. The Morgan fingerprint density at radius 2 is 2.11 bits per heavy atom. The van der Waals surface area contributed by atoms with Gasteiger partial charge in [-0.3, -0.25) is 0 Å². The second-order valence-electron chi connectivity index (χ2n) is 5.18. The molecule has 0 saturated carbocycles. The Balaban J connectivity index is 2.32. The Hall–Kier alpha value is -1.40. The average Bonchev–Trinajstić information content (AvgIpc) is 2.86. The van der Waals surface area contributed by atoms with Crippen molar-refractivity contribution in [1.29, 1.82) is 0 Å². The highest BCUT2D eigenvalue weighted by atomic mass is 35.5. The van der Waals surface area contributed by atoms with Crippen molar-refractivity contribution >= 4 is 11.6 Å². The van der Waals surface area contributed by atoms with E-state index in [1.807, 2.05) is 20.8 Å². The van der Waals surface area contributed by atoms with Crippen LogP contribution in [0.15, 0.2) is 10.7 Å². The lowest BCUT2D eigenvalue weighted by atomic mass is 9.97. The van der Waals surface area contributed by atoms with E-state index < -0.39 is 6.04 Å². The predicted octanol–water partition coefficient (Wildman–Crippen LogP) is 1.80. The largest absolute Gasteiger partial charge is 0.339 e. The summed E-state index contributed by atoms with van der Waals surface area (Å²) in [5, 5.41) is 4.42. The van der Waals surface area contributed by atoms with E-state index in [-0.39, 0.29) is 5.41 Å². The van der Waals surface area contributed by atoms with Crippen molar-refractivity contribution in [3.8, 4) is 0 Å². The fourth-order valence-electron chi connectivity index (χ4n) is 1.47. The van der Waals surface area contributed by atoms with Gasteiger partial charge in [-0.1, -0.05) is 37.5 Å². The average molecular weight is 270 g/mol. The highest BCUT2D eigenvalue weighted by Crippen LogP contribution is 2.23. The maximum absolute atomic E-state index is 6.06. The van der Waals surface area contributed by atoms with Gasteiger partial charge in [0.15, 0.2) is 5.82 Å². The lowest BCUT2D eigenvalue weighted by Crippen LogP contribution is -2.19. The monoisotopic (exact) mass is 269 g/mol. The Labute approximate surface area is 110 Å². The first-order valence-electron chi connectivity index (χ1n) is 5.57. The van der Waals surface area contributed by atoms with E-state index in [9.17, 15) is 0 Å². The van der Waals surface area contributed by atoms with Crippen LogP contribution in [-0.4, -0.2) is 19.7 Å². The van der Waals surface area contributed by atoms with Gasteiger partial charge in [0.2, 0.25) is 5.89 Å². The molecule has 0 radical (unpaired) electrons. The molecule has 7 heteroatoms. The first kappa shape index (κ1) is 13.0. The van der Waals surface area contributed by atoms with Gasteiger partial charge in [-0.2, -0.15) is 4.98 Å². The lowest BCUT2D eigenvalue weighted by molar-refractivity contribution is 0.317. The molecule has 0 aromatic carbocycles. The molecule has 0 saturated heterocycles. The number of nitrogens with zero attached hydrogens (tertiary/aromatic N) is 4. The van der Waals surface area contributed by atoms with E-state index in [1.165, 1.54) is 0 Å². The van der Waals surface area contributed by atoms with E-state index >= 15 is 0 Å². The van der Waals surface area contributed by atoms with Crippen LogP contribution in [0.4, 0.5) is 0 Å². The van der Waals surface area contributed by atoms with Crippen LogP contribution in [0.1, 0.15) is 44.4 Å². The minimum Gasteiger partial charge on any atom is -0.339 e. The molecule has 98 valence electrons. The van der Waals surface area contributed by atoms with Gasteiger partial charge in [0.05, 0.1) is 6.20 Å². The van der Waals surface area contributed by atoms with E-state index in [0.29, 0.717) is 22.7 Å². The molecule has 1 atom stereocenters. The van der Waals surface area contributed by atoms with Crippen molar-refractivity contribution < 1.29 is 4.52 Å². The van der Waals surface area contributed by atoms with Gasteiger partial charge in [0.25, 0.3) is 0 Å². The second-order valence-corrected chi connectivity index (χ2v) is 5.57. The summed E-state index contributed by atoms with van der Waals surface area (Å²) in [5.74, 6) is 1.56. The summed E-state index contributed by atoms with van der Waals surface area (Å²) >= 11 is 5.92. The normalized spacial score (nSPS) is 13.9. The predicted molar refractivity (Wildman–Crippen MR) is 67.2 cm³/mol. The van der Waals surface area contributed by atoms with Crippen molar-refractivity contribution in [2.75, 3.05) is 0 Å². The summed E-state index contributed by atoms with van der Waals surface area (Å²) in [6.07, 6.45) is 1.54. The van der Waals surface area contributed by atoms with E-state index in [4.69, 9.17) is 21.9 Å². The summed E-state index contributed by atoms with van der Waals surface area (Å²) in [6.45, 7) is 5.98. The van der Waals surface area contributed by atoms with Crippen LogP contribution in [0.25, 0.3) is 0 Å². The number of hydrogen-bond acceptors (Lipinski definition) is 5. The zero-order valence-corrected chi connectivity index (χ0v) is 11.6. The molecule has 2 rings (SSSR count). The Morgan fingerprint density at radius 3 is 2.56 bits per heavy atom. The quantitative estimate of drug-likeness (QED) is 0.899. The maximum atomic E-state index is 6.06. The van der Waals surface area contributed by atoms with Gasteiger partial charge in [-0.15, -0.1) is 0 Å². The summed E-state index contributed by atoms with van der Waals surface area (Å²) in [7, 11) is 1.79. The molecule has 0 aliphatic rings. The van der Waals surface area contributed by atoms with Crippen LogP contribution >= 0.6 is 11.6 Å². The number of aromatic nitrogens is 4. The molecule has 0 fully saturated rings. The third-order valence-corrected chi connectivity index (χ3v) is 2.96. The highest BCUT2D eigenvalue weighted by Gasteiger charge is 2.26. The smallest absolute Gasteiger partial charge is 0.232 e. The summed E-state index contributed by atoms with van der Waals surface area (Å²) < 4.78 is 6.90. The standard InChI is InChI=1S/C11H16ClN5O/c1-11(2,3)10-15-8(16-18-10)7(13)9-14-5-6(12)17(9)4/h5,7H,13H2,1-4H3. The molecule has 0 spiro atoms. The van der Waals surface area contributed by atoms with Crippen LogP contribution in [0.2, 0.25) is 5.15 Å². The van der Waals surface area contributed by atoms with Gasteiger partial charge >= 0.3 is 0 Å². The minimum absolute atomic E-state index is 0.204. The molecule has 0 aliphatic heterocycles. The fraction of sp³-hybridized carbons (Fsp3) is 0.545. The first-order chi connectivity index (χ1) is 8.30. The zero-order valence-electron chi connectivity index (χ0n) is 10.8. The number of hydrogen-bond donors (Lipinski definition) is 1. The van der Waals surface area contributed by atoms with Crippen LogP contribution < -0.4 is 5.73 Å². The van der Waals surface area contributed by atoms with Gasteiger partial charge in [-0.25, -0.2) is 4.98 Å². The lowest BCUT2D eigenvalue weighted by Gasteiger charge is -2.11. The highest BCUT2D eigenvalue weighted by molar-refractivity contribution is 6.29. The van der Waals surface area contributed by atoms with E-state index in [2.05, 4.69) is 15.1 Å². The van der Waals surface area contributed by atoms with Crippen molar-refractivity contribution in [3.63, 3.8) is 0 Å². The summed E-state index contributed by atoms with van der Waals surface area (Å²) in [6, 6.07) is -0.553. The van der Waals surface area contributed by atoms with Crippen molar-refractivity contribution in [1.82, 2.24) is 19.7 Å². The van der Waals surface area contributed by atoms with Gasteiger partial charge in [-0.05, 0) is 0 Å². The van der Waals surface area contributed by atoms with Crippen LogP contribution in [0.3, 0.4) is 0 Å². The summed E-state index contributed by atoms with van der Waals surface area (Å²) in [5.41, 5.74) is 5.86. The number of rotatable bonds is 2. The van der Waals surface area contributed by atoms with Crippen LogP contribution in [0.5, 0.6) is 0 Å². The third-order valence-electron chi connectivity index (χ3n) is 2.61. The molecule has 18 heavy (non-hydrogen) atoms. The van der Waals surface area contributed by atoms with Crippen molar-refractivity contribution in [2.45, 2.75) is 32.2 Å². The first-order valence-corrected chi connectivity index (χ1v) is 5.95. The molecule has 0 aliphatic carbocycles. The Bertz CT molecular complexity index is 554. The number of imidazole rings is 1. The SMILES string of the molecule is Cn1c(Cl)cnc1C(N)c1noc(C(C)(C)C)n1. The summed E-state index contributed by atoms with van der Waals surface area (Å²) in [4.78, 5) is 8.46. The molecule has 2 N–H and O–H groups in total. The molecule has 6 nitrogen and oxygen atoms in total. The third kappa shape index (κ3) is 2.26. The van der Waals surface area contributed by atoms with Crippen LogP contribution in [-0.2, 0) is 12.5 Å².